The van der Waals surface area contributed by atoms with Gasteiger partial charge in [-0.3, -0.25) is 4.79 Å². The molecule has 0 N–H and O–H groups in total. The highest BCUT2D eigenvalue weighted by molar-refractivity contribution is 5.75. The lowest BCUT2D eigenvalue weighted by molar-refractivity contribution is -0.385. The summed E-state index contributed by atoms with van der Waals surface area (Å²) in [6, 6.07) is 9.85. The highest BCUT2D eigenvalue weighted by atomic mass is 16.8. The Labute approximate surface area is 172 Å². The lowest BCUT2D eigenvalue weighted by Gasteiger charge is -2.44. The highest BCUT2D eigenvalue weighted by Crippen LogP contribution is 2.43. The van der Waals surface area contributed by atoms with Gasteiger partial charge in [-0.05, 0) is 40.2 Å². The van der Waals surface area contributed by atoms with Gasteiger partial charge in [0.15, 0.2) is 5.79 Å². The first kappa shape index (κ1) is 22.2. The first-order valence-electron chi connectivity index (χ1n) is 9.94. The molecule has 4 atom stereocenters. The van der Waals surface area contributed by atoms with Gasteiger partial charge in [-0.15, -0.1) is 0 Å². The molecule has 7 nitrogen and oxygen atoms in total. The van der Waals surface area contributed by atoms with Crippen LogP contribution in [0.2, 0.25) is 0 Å². The molecule has 2 aliphatic heterocycles. The molecule has 162 valence electrons. The summed E-state index contributed by atoms with van der Waals surface area (Å²) in [5, 5.41) is 0. The van der Waals surface area contributed by atoms with Crippen molar-refractivity contribution in [3.8, 4) is 0 Å². The molecule has 2 fully saturated rings. The van der Waals surface area contributed by atoms with Crippen LogP contribution in [-0.4, -0.2) is 56.2 Å². The van der Waals surface area contributed by atoms with Gasteiger partial charge >= 0.3 is 5.97 Å². The summed E-state index contributed by atoms with van der Waals surface area (Å²) in [5.74, 6) is -2.22. The Balaban J connectivity index is 1.79. The Hall–Kier alpha value is -1.51. The lowest BCUT2D eigenvalue weighted by atomic mass is 9.97. The molecule has 0 saturated carbocycles. The predicted molar refractivity (Wildman–Crippen MR) is 105 cm³/mol. The predicted octanol–water partition coefficient (Wildman–Crippen LogP) is 3.05. The van der Waals surface area contributed by atoms with Crippen LogP contribution in [0.1, 0.15) is 40.2 Å². The second kappa shape index (κ2) is 8.32. The molecule has 0 amide bonds. The molecule has 2 saturated heterocycles. The number of esters is 1. The van der Waals surface area contributed by atoms with Crippen molar-refractivity contribution >= 4 is 5.97 Å². The average molecular weight is 408 g/mol. The van der Waals surface area contributed by atoms with E-state index in [-0.39, 0.29) is 19.2 Å². The number of fused-ring (bicyclic) bond motifs is 1. The lowest BCUT2D eigenvalue weighted by Crippen LogP contribution is -2.59. The fourth-order valence-electron chi connectivity index (χ4n) is 3.41. The zero-order valence-electron chi connectivity index (χ0n) is 18.1. The normalized spacial score (nSPS) is 31.3. The van der Waals surface area contributed by atoms with Gasteiger partial charge in [0, 0.05) is 7.11 Å². The number of methoxy groups -OCH3 is 1. The maximum absolute atomic E-state index is 12.3. The summed E-state index contributed by atoms with van der Waals surface area (Å²) < 4.78 is 35.6. The van der Waals surface area contributed by atoms with Crippen molar-refractivity contribution in [1.82, 2.24) is 0 Å². The Morgan fingerprint density at radius 3 is 2.48 bits per heavy atom. The van der Waals surface area contributed by atoms with Crippen molar-refractivity contribution in [1.29, 1.82) is 0 Å². The molecule has 29 heavy (non-hydrogen) atoms. The summed E-state index contributed by atoms with van der Waals surface area (Å²) in [5.41, 5.74) is 0.422. The molecule has 2 heterocycles. The Kier molecular flexibility index (Phi) is 6.36. The first-order chi connectivity index (χ1) is 13.6. The smallest absolute Gasteiger partial charge is 0.311 e. The molecule has 7 heteroatoms. The zero-order chi connectivity index (χ0) is 21.3. The molecule has 0 unspecified atom stereocenters. The van der Waals surface area contributed by atoms with E-state index in [0.29, 0.717) is 6.61 Å². The molecular formula is C22H32O7. The number of hydrogen-bond donors (Lipinski definition) is 0. The summed E-state index contributed by atoms with van der Waals surface area (Å²) >= 11 is 0. The minimum atomic E-state index is -1.12. The minimum Gasteiger partial charge on any atom is -0.462 e. The Morgan fingerprint density at radius 1 is 1.17 bits per heavy atom. The number of benzene rings is 1. The number of hydrogen-bond acceptors (Lipinski definition) is 7. The highest BCUT2D eigenvalue weighted by Gasteiger charge is 2.62. The number of carbonyl (C=O) groups excluding carboxylic acids is 1. The maximum atomic E-state index is 12.3. The van der Waals surface area contributed by atoms with Gasteiger partial charge in [-0.25, -0.2) is 0 Å². The monoisotopic (exact) mass is 408 g/mol. The van der Waals surface area contributed by atoms with Crippen molar-refractivity contribution < 1.29 is 33.2 Å². The van der Waals surface area contributed by atoms with Crippen LogP contribution in [0.4, 0.5) is 0 Å². The number of rotatable bonds is 6. The van der Waals surface area contributed by atoms with Crippen molar-refractivity contribution in [2.45, 2.75) is 71.1 Å². The summed E-state index contributed by atoms with van der Waals surface area (Å²) in [7, 11) is 1.55. The van der Waals surface area contributed by atoms with E-state index in [9.17, 15) is 4.79 Å². The molecule has 0 bridgehead atoms. The molecular weight excluding hydrogens is 376 g/mol. The third kappa shape index (κ3) is 4.98. The van der Waals surface area contributed by atoms with Gasteiger partial charge in [0.25, 0.3) is 0 Å². The second-order valence-corrected chi connectivity index (χ2v) is 9.01. The van der Waals surface area contributed by atoms with E-state index >= 15 is 0 Å². The Morgan fingerprint density at radius 2 is 1.86 bits per heavy atom. The van der Waals surface area contributed by atoms with Gasteiger partial charge in [-0.2, -0.15) is 0 Å². The largest absolute Gasteiger partial charge is 0.462 e. The van der Waals surface area contributed by atoms with Crippen molar-refractivity contribution in [2.24, 2.45) is 5.41 Å². The van der Waals surface area contributed by atoms with Crippen LogP contribution < -0.4 is 0 Å². The molecule has 1 aromatic carbocycles. The van der Waals surface area contributed by atoms with E-state index in [2.05, 4.69) is 0 Å². The van der Waals surface area contributed by atoms with Crippen LogP contribution in [0, 0.1) is 5.41 Å². The summed E-state index contributed by atoms with van der Waals surface area (Å²) in [6.07, 6.45) is -1.57. The fourth-order valence-corrected chi connectivity index (χ4v) is 3.41. The maximum Gasteiger partial charge on any atom is 0.311 e. The Bertz CT molecular complexity index is 697. The van der Waals surface area contributed by atoms with Gasteiger partial charge in [0.1, 0.15) is 31.5 Å². The third-order valence-corrected chi connectivity index (χ3v) is 5.10. The van der Waals surface area contributed by atoms with Gasteiger partial charge in [0.2, 0.25) is 5.79 Å². The molecule has 0 aromatic heterocycles. The number of carbonyl (C=O) groups is 1. The van der Waals surface area contributed by atoms with Crippen LogP contribution in [0.5, 0.6) is 0 Å². The molecule has 0 radical (unpaired) electrons. The quantitative estimate of drug-likeness (QED) is 0.670. The van der Waals surface area contributed by atoms with Gasteiger partial charge in [0.05, 0.1) is 12.0 Å². The van der Waals surface area contributed by atoms with Crippen molar-refractivity contribution in [2.75, 3.05) is 20.3 Å². The molecule has 0 spiro atoms. The summed E-state index contributed by atoms with van der Waals surface area (Å²) in [6.45, 7) is 9.72. The molecule has 3 rings (SSSR count). The molecule has 2 aliphatic rings. The SMILES string of the molecule is CO[C@]12COC(C)(C)O[C@H]1[C@H](OCc1ccccc1)[C@@H](COC(=O)C(C)(C)C)O2. The van der Waals surface area contributed by atoms with E-state index in [1.54, 1.807) is 7.11 Å². The van der Waals surface area contributed by atoms with Crippen LogP contribution in [0.15, 0.2) is 30.3 Å². The summed E-state index contributed by atoms with van der Waals surface area (Å²) in [4.78, 5) is 12.3. The van der Waals surface area contributed by atoms with Gasteiger partial charge < -0.3 is 28.4 Å². The number of ether oxygens (including phenoxy) is 6. The van der Waals surface area contributed by atoms with E-state index in [1.807, 2.05) is 65.0 Å². The third-order valence-electron chi connectivity index (χ3n) is 5.10. The van der Waals surface area contributed by atoms with Crippen LogP contribution >= 0.6 is 0 Å². The van der Waals surface area contributed by atoms with Crippen molar-refractivity contribution in [3.63, 3.8) is 0 Å². The topological polar surface area (TPSA) is 72.5 Å². The first-order valence-corrected chi connectivity index (χ1v) is 9.94. The van der Waals surface area contributed by atoms with E-state index in [4.69, 9.17) is 28.4 Å². The van der Waals surface area contributed by atoms with Gasteiger partial charge in [-0.1, -0.05) is 30.3 Å². The van der Waals surface area contributed by atoms with Crippen molar-refractivity contribution in [3.05, 3.63) is 35.9 Å². The van der Waals surface area contributed by atoms with E-state index in [1.165, 1.54) is 0 Å². The zero-order valence-corrected chi connectivity index (χ0v) is 18.1. The van der Waals surface area contributed by atoms with Crippen LogP contribution in [0.25, 0.3) is 0 Å². The fraction of sp³-hybridized carbons (Fsp3) is 0.682. The van der Waals surface area contributed by atoms with Crippen LogP contribution in [0.3, 0.4) is 0 Å². The van der Waals surface area contributed by atoms with E-state index < -0.39 is 35.3 Å². The molecule has 1 aromatic rings. The molecule has 0 aliphatic carbocycles. The standard InChI is InChI=1S/C22H32O7/c1-20(2,3)19(23)26-13-16-17(25-12-15-10-8-7-9-11-15)18-22(24-6,28-16)14-27-21(4,5)29-18/h7-11,16-18H,12-14H2,1-6H3/t16-,17-,18+,22+/m1/s1. The average Bonchev–Trinajstić information content (AvgIpc) is 2.97. The van der Waals surface area contributed by atoms with Crippen LogP contribution in [-0.2, 0) is 39.8 Å². The van der Waals surface area contributed by atoms with E-state index in [0.717, 1.165) is 5.56 Å². The second-order valence-electron chi connectivity index (χ2n) is 9.01. The minimum absolute atomic E-state index is 0.0426.